The highest BCUT2D eigenvalue weighted by atomic mass is 16.6. The highest BCUT2D eigenvalue weighted by Crippen LogP contribution is 2.15. The first-order valence-electron chi connectivity index (χ1n) is 5.89. The number of ether oxygens (including phenoxy) is 2. The number of hydrogen-bond donors (Lipinski definition) is 2. The molecule has 2 N–H and O–H groups in total. The molecule has 0 spiro atoms. The molecule has 1 atom stereocenters. The summed E-state index contributed by atoms with van der Waals surface area (Å²) >= 11 is 0. The molecule has 104 valence electrons. The molecule has 1 aromatic heterocycles. The first kappa shape index (κ1) is 13.3. The Balaban J connectivity index is 1.94. The van der Waals surface area contributed by atoms with Gasteiger partial charge in [0.2, 0.25) is 5.91 Å². The maximum Gasteiger partial charge on any atom is 0.411 e. The number of nitrogens with zero attached hydrogens (tertiary/aromatic N) is 2. The molecule has 1 saturated heterocycles. The lowest BCUT2D eigenvalue weighted by molar-refractivity contribution is -0.125. The third-order valence-electron chi connectivity index (χ3n) is 2.78. The van der Waals surface area contributed by atoms with Crippen LogP contribution < -0.4 is 5.32 Å². The largest absolute Gasteiger partial charge is 0.447 e. The van der Waals surface area contributed by atoms with Gasteiger partial charge in [0.05, 0.1) is 25.2 Å². The van der Waals surface area contributed by atoms with Gasteiger partial charge in [0.25, 0.3) is 0 Å². The van der Waals surface area contributed by atoms with Gasteiger partial charge in [-0.25, -0.2) is 9.78 Å². The van der Waals surface area contributed by atoms with Crippen molar-refractivity contribution in [1.82, 2.24) is 20.2 Å². The number of aromatic nitrogens is 2. The van der Waals surface area contributed by atoms with Gasteiger partial charge in [-0.15, -0.1) is 0 Å². The molecular formula is C11H16N4O4. The maximum absolute atomic E-state index is 11.9. The van der Waals surface area contributed by atoms with Crippen LogP contribution in [0.1, 0.15) is 5.69 Å². The molecule has 0 bridgehead atoms. The molecule has 1 aromatic rings. The van der Waals surface area contributed by atoms with Gasteiger partial charge in [-0.2, -0.15) is 0 Å². The fourth-order valence-corrected chi connectivity index (χ4v) is 1.79. The van der Waals surface area contributed by atoms with E-state index in [4.69, 9.17) is 9.47 Å². The zero-order valence-corrected chi connectivity index (χ0v) is 10.6. The van der Waals surface area contributed by atoms with Crippen LogP contribution in [-0.4, -0.2) is 59.8 Å². The molecule has 1 fully saturated rings. The van der Waals surface area contributed by atoms with Crippen LogP contribution in [0.15, 0.2) is 12.5 Å². The number of amides is 2. The van der Waals surface area contributed by atoms with E-state index in [2.05, 4.69) is 15.3 Å². The van der Waals surface area contributed by atoms with Crippen LogP contribution in [0.3, 0.4) is 0 Å². The van der Waals surface area contributed by atoms with E-state index in [9.17, 15) is 9.59 Å². The van der Waals surface area contributed by atoms with Crippen molar-refractivity contribution in [3.8, 4) is 0 Å². The Hall–Kier alpha value is -2.09. The quantitative estimate of drug-likeness (QED) is 0.678. The van der Waals surface area contributed by atoms with Gasteiger partial charge >= 0.3 is 6.09 Å². The predicted octanol–water partition coefficient (Wildman–Crippen LogP) is -0.507. The summed E-state index contributed by atoms with van der Waals surface area (Å²) in [7, 11) is 1.55. The van der Waals surface area contributed by atoms with Crippen molar-refractivity contribution in [2.24, 2.45) is 0 Å². The molecule has 8 nitrogen and oxygen atoms in total. The van der Waals surface area contributed by atoms with Crippen LogP contribution in [0.4, 0.5) is 4.79 Å². The first-order chi connectivity index (χ1) is 9.22. The summed E-state index contributed by atoms with van der Waals surface area (Å²) in [6.07, 6.45) is 2.62. The standard InChI is InChI=1S/C11H16N4O4/c1-18-3-2-13-10(16)9-6-19-11(17)15(9)5-8-4-12-7-14-8/h4,7,9H,2-3,5-6H2,1H3,(H,12,14)(H,13,16)/t9-/m0/s1. The summed E-state index contributed by atoms with van der Waals surface area (Å²) < 4.78 is 9.76. The Morgan fingerprint density at radius 2 is 2.58 bits per heavy atom. The van der Waals surface area contributed by atoms with E-state index < -0.39 is 12.1 Å². The second kappa shape index (κ2) is 6.19. The van der Waals surface area contributed by atoms with Gasteiger partial charge in [-0.3, -0.25) is 9.69 Å². The number of rotatable bonds is 6. The van der Waals surface area contributed by atoms with Crippen molar-refractivity contribution in [1.29, 1.82) is 0 Å². The van der Waals surface area contributed by atoms with Crippen LogP contribution in [-0.2, 0) is 20.8 Å². The van der Waals surface area contributed by atoms with Crippen LogP contribution >= 0.6 is 0 Å². The number of carbonyl (C=O) groups is 2. The number of nitrogens with one attached hydrogen (secondary N) is 2. The molecule has 2 rings (SSSR count). The minimum absolute atomic E-state index is 0.0613. The van der Waals surface area contributed by atoms with Gasteiger partial charge in [0, 0.05) is 19.9 Å². The number of methoxy groups -OCH3 is 1. The lowest BCUT2D eigenvalue weighted by atomic mass is 10.2. The average Bonchev–Trinajstić information content (AvgIpc) is 3.02. The van der Waals surface area contributed by atoms with Gasteiger partial charge in [0.1, 0.15) is 12.6 Å². The summed E-state index contributed by atoms with van der Waals surface area (Å²) in [4.78, 5) is 31.7. The number of carbonyl (C=O) groups excluding carboxylic acids is 2. The number of cyclic esters (lactones) is 1. The Bertz CT molecular complexity index is 434. The lowest BCUT2D eigenvalue weighted by Gasteiger charge is -2.19. The molecule has 0 unspecified atom stereocenters. The van der Waals surface area contributed by atoms with Crippen molar-refractivity contribution in [2.75, 3.05) is 26.9 Å². The molecular weight excluding hydrogens is 252 g/mol. The first-order valence-corrected chi connectivity index (χ1v) is 5.89. The van der Waals surface area contributed by atoms with Crippen molar-refractivity contribution in [2.45, 2.75) is 12.6 Å². The minimum Gasteiger partial charge on any atom is -0.447 e. The fraction of sp³-hybridized carbons (Fsp3) is 0.545. The van der Waals surface area contributed by atoms with Crippen molar-refractivity contribution in [3.63, 3.8) is 0 Å². The monoisotopic (exact) mass is 268 g/mol. The Kier molecular flexibility index (Phi) is 4.35. The topological polar surface area (TPSA) is 96.5 Å². The molecule has 0 radical (unpaired) electrons. The van der Waals surface area contributed by atoms with Crippen molar-refractivity contribution in [3.05, 3.63) is 18.2 Å². The van der Waals surface area contributed by atoms with Crippen LogP contribution in [0.25, 0.3) is 0 Å². The summed E-state index contributed by atoms with van der Waals surface area (Å²) in [6, 6.07) is -0.618. The van der Waals surface area contributed by atoms with Crippen LogP contribution in [0, 0.1) is 0 Å². The predicted molar refractivity (Wildman–Crippen MR) is 64.2 cm³/mol. The summed E-state index contributed by atoms with van der Waals surface area (Å²) in [6.45, 7) is 1.15. The third kappa shape index (κ3) is 3.22. The van der Waals surface area contributed by atoms with Crippen LogP contribution in [0.5, 0.6) is 0 Å². The fourth-order valence-electron chi connectivity index (χ4n) is 1.79. The van der Waals surface area contributed by atoms with E-state index in [1.54, 1.807) is 13.3 Å². The molecule has 2 amide bonds. The van der Waals surface area contributed by atoms with Crippen molar-refractivity contribution >= 4 is 12.0 Å². The SMILES string of the molecule is COCCNC(=O)[C@@H]1COC(=O)N1Cc1cnc[nH]1. The van der Waals surface area contributed by atoms with E-state index in [1.165, 1.54) is 11.2 Å². The van der Waals surface area contributed by atoms with Crippen molar-refractivity contribution < 1.29 is 19.1 Å². The second-order valence-corrected chi connectivity index (χ2v) is 4.08. The number of H-pyrrole nitrogens is 1. The highest BCUT2D eigenvalue weighted by Gasteiger charge is 2.38. The van der Waals surface area contributed by atoms with E-state index in [0.29, 0.717) is 13.2 Å². The molecule has 0 aromatic carbocycles. The van der Waals surface area contributed by atoms with E-state index in [1.807, 2.05) is 0 Å². The summed E-state index contributed by atoms with van der Waals surface area (Å²) in [5.41, 5.74) is 0.744. The number of aromatic amines is 1. The van der Waals surface area contributed by atoms with Gasteiger partial charge in [-0.1, -0.05) is 0 Å². The number of imidazole rings is 1. The molecule has 19 heavy (non-hydrogen) atoms. The second-order valence-electron chi connectivity index (χ2n) is 4.08. The van der Waals surface area contributed by atoms with Gasteiger partial charge < -0.3 is 19.8 Å². The molecule has 0 saturated carbocycles. The average molecular weight is 268 g/mol. The highest BCUT2D eigenvalue weighted by molar-refractivity contribution is 5.87. The molecule has 0 aliphatic carbocycles. The molecule has 8 heteroatoms. The Morgan fingerprint density at radius 3 is 3.26 bits per heavy atom. The summed E-state index contributed by atoms with van der Waals surface area (Å²) in [5.74, 6) is -0.248. The molecule has 1 aliphatic heterocycles. The normalized spacial score (nSPS) is 18.5. The third-order valence-corrected chi connectivity index (χ3v) is 2.78. The maximum atomic E-state index is 11.9. The molecule has 1 aliphatic rings. The zero-order valence-electron chi connectivity index (χ0n) is 10.6. The van der Waals surface area contributed by atoms with E-state index >= 15 is 0 Å². The van der Waals surface area contributed by atoms with E-state index in [0.717, 1.165) is 5.69 Å². The lowest BCUT2D eigenvalue weighted by Crippen LogP contribution is -2.46. The zero-order chi connectivity index (χ0) is 13.7. The Labute approximate surface area is 110 Å². The van der Waals surface area contributed by atoms with Gasteiger partial charge in [0.15, 0.2) is 0 Å². The smallest absolute Gasteiger partial charge is 0.411 e. The molecule has 2 heterocycles. The van der Waals surface area contributed by atoms with Gasteiger partial charge in [-0.05, 0) is 0 Å². The van der Waals surface area contributed by atoms with Crippen LogP contribution in [0.2, 0.25) is 0 Å². The number of hydrogen-bond acceptors (Lipinski definition) is 5. The Morgan fingerprint density at radius 1 is 1.74 bits per heavy atom. The van der Waals surface area contributed by atoms with E-state index in [-0.39, 0.29) is 19.1 Å². The summed E-state index contributed by atoms with van der Waals surface area (Å²) in [5, 5.41) is 2.69. The minimum atomic E-state index is -0.618.